The number of rotatable bonds is 12. The highest BCUT2D eigenvalue weighted by atomic mass is 32.1. The van der Waals surface area contributed by atoms with Crippen LogP contribution in [0.1, 0.15) is 82.8 Å². The quantitative estimate of drug-likeness (QED) is 0.192. The number of nitrogens with one attached hydrogen (secondary N) is 2. The molecule has 8 nitrogen and oxygen atoms in total. The molecule has 0 aliphatic carbocycles. The van der Waals surface area contributed by atoms with E-state index in [9.17, 15) is 19.2 Å². The van der Waals surface area contributed by atoms with E-state index in [1.54, 1.807) is 12.1 Å². The minimum atomic E-state index is -1.00. The van der Waals surface area contributed by atoms with E-state index in [1.165, 1.54) is 22.7 Å². The van der Waals surface area contributed by atoms with Gasteiger partial charge in [0.25, 0.3) is 0 Å². The number of carbonyl (C=O) groups is 4. The van der Waals surface area contributed by atoms with Gasteiger partial charge in [-0.2, -0.15) is 0 Å². The molecule has 2 heterocycles. The van der Waals surface area contributed by atoms with Crippen molar-refractivity contribution >= 4 is 56.9 Å². The van der Waals surface area contributed by atoms with Gasteiger partial charge in [-0.05, 0) is 38.8 Å². The molecule has 0 atom stereocenters. The van der Waals surface area contributed by atoms with Gasteiger partial charge in [-0.15, -0.1) is 22.7 Å². The number of aryl methyl sites for hydroxylation is 2. The van der Waals surface area contributed by atoms with Crippen LogP contribution in [0.15, 0.2) is 12.1 Å². The van der Waals surface area contributed by atoms with E-state index in [1.807, 2.05) is 20.8 Å². The molecular formula is C23H32N2O6S2. The number of amides is 2. The highest BCUT2D eigenvalue weighted by Gasteiger charge is 2.16. The van der Waals surface area contributed by atoms with Gasteiger partial charge in [-0.3, -0.25) is 9.59 Å². The number of aromatic carboxylic acids is 1. The third kappa shape index (κ3) is 10.2. The lowest BCUT2D eigenvalue weighted by atomic mass is 10.2. The van der Waals surface area contributed by atoms with Crippen LogP contribution in [0.5, 0.6) is 0 Å². The van der Waals surface area contributed by atoms with Gasteiger partial charge in [-0.1, -0.05) is 33.1 Å². The minimum absolute atomic E-state index is 0.109. The van der Waals surface area contributed by atoms with Crippen LogP contribution in [0.4, 0.5) is 10.0 Å². The van der Waals surface area contributed by atoms with Crippen molar-refractivity contribution in [1.82, 2.24) is 0 Å². The molecule has 0 aliphatic heterocycles. The maximum Gasteiger partial charge on any atom is 0.341 e. The molecule has 0 saturated heterocycles. The first-order valence-electron chi connectivity index (χ1n) is 10.8. The molecule has 182 valence electrons. The molecule has 33 heavy (non-hydrogen) atoms. The number of carboxylic acid groups (broad SMARTS) is 1. The number of carboxylic acids is 1. The summed E-state index contributed by atoms with van der Waals surface area (Å²) in [4.78, 5) is 46.4. The van der Waals surface area contributed by atoms with Crippen molar-refractivity contribution in [2.45, 2.75) is 66.2 Å². The number of unbranched alkanes of at least 4 members (excludes halogenated alkanes) is 3. The highest BCUT2D eigenvalue weighted by Crippen LogP contribution is 2.28. The Morgan fingerprint density at radius 1 is 0.970 bits per heavy atom. The predicted molar refractivity (Wildman–Crippen MR) is 133 cm³/mol. The van der Waals surface area contributed by atoms with E-state index in [0.717, 1.165) is 41.9 Å². The number of esters is 1. The summed E-state index contributed by atoms with van der Waals surface area (Å²) in [6, 6.07) is 3.30. The van der Waals surface area contributed by atoms with Crippen LogP contribution in [0, 0.1) is 13.8 Å². The zero-order chi connectivity index (χ0) is 24.8. The van der Waals surface area contributed by atoms with Crippen molar-refractivity contribution < 1.29 is 29.0 Å². The summed E-state index contributed by atoms with van der Waals surface area (Å²) < 4.78 is 5.08. The van der Waals surface area contributed by atoms with E-state index in [-0.39, 0.29) is 17.4 Å². The first-order chi connectivity index (χ1) is 15.7. The Kier molecular flexibility index (Phi) is 13.0. The second kappa shape index (κ2) is 15.2. The lowest BCUT2D eigenvalue weighted by Gasteiger charge is -2.03. The van der Waals surface area contributed by atoms with Crippen LogP contribution < -0.4 is 10.6 Å². The van der Waals surface area contributed by atoms with Gasteiger partial charge in [0.15, 0.2) is 0 Å². The van der Waals surface area contributed by atoms with Crippen molar-refractivity contribution in [3.05, 3.63) is 33.0 Å². The Hall–Kier alpha value is -2.72. The van der Waals surface area contributed by atoms with Crippen molar-refractivity contribution in [1.29, 1.82) is 0 Å². The molecule has 2 aromatic heterocycles. The van der Waals surface area contributed by atoms with Crippen LogP contribution >= 0.6 is 22.7 Å². The fraction of sp³-hybridized carbons (Fsp3) is 0.478. The molecular weight excluding hydrogens is 464 g/mol. The summed E-state index contributed by atoms with van der Waals surface area (Å²) in [5.74, 6) is -1.48. The number of hydrogen-bond donors (Lipinski definition) is 3. The second-order valence-electron chi connectivity index (χ2n) is 7.26. The van der Waals surface area contributed by atoms with E-state index < -0.39 is 5.97 Å². The Morgan fingerprint density at radius 3 is 2.15 bits per heavy atom. The maximum absolute atomic E-state index is 11.7. The predicted octanol–water partition coefficient (Wildman–Crippen LogP) is 5.86. The minimum Gasteiger partial charge on any atom is -0.478 e. The Bertz CT molecular complexity index is 936. The SMILES string of the molecule is CCCCCC(=O)Nc1sc(C)cc1C(=O)O.CCCCOC(=O)c1cc(C)sc1NC=O. The second-order valence-corrected chi connectivity index (χ2v) is 9.77. The van der Waals surface area contributed by atoms with E-state index >= 15 is 0 Å². The number of hydrogen-bond acceptors (Lipinski definition) is 7. The highest BCUT2D eigenvalue weighted by molar-refractivity contribution is 7.17. The Balaban J connectivity index is 0.000000331. The number of carbonyl (C=O) groups excluding carboxylic acids is 3. The van der Waals surface area contributed by atoms with Crippen molar-refractivity contribution in [3.8, 4) is 0 Å². The van der Waals surface area contributed by atoms with Gasteiger partial charge >= 0.3 is 11.9 Å². The number of anilines is 2. The molecule has 2 rings (SSSR count). The van der Waals surface area contributed by atoms with Crippen molar-refractivity contribution in [2.24, 2.45) is 0 Å². The molecule has 0 fully saturated rings. The fourth-order valence-corrected chi connectivity index (χ4v) is 4.48. The van der Waals surface area contributed by atoms with Gasteiger partial charge in [0.1, 0.15) is 10.0 Å². The van der Waals surface area contributed by atoms with E-state index in [4.69, 9.17) is 9.84 Å². The van der Waals surface area contributed by atoms with E-state index in [0.29, 0.717) is 35.0 Å². The molecule has 0 radical (unpaired) electrons. The van der Waals surface area contributed by atoms with Gasteiger partial charge in [0.05, 0.1) is 17.7 Å². The molecule has 0 aliphatic rings. The van der Waals surface area contributed by atoms with Crippen molar-refractivity contribution in [2.75, 3.05) is 17.2 Å². The number of thiophene rings is 2. The molecule has 0 spiro atoms. The lowest BCUT2D eigenvalue weighted by molar-refractivity contribution is -0.116. The number of ether oxygens (including phenoxy) is 1. The molecule has 10 heteroatoms. The van der Waals surface area contributed by atoms with Gasteiger partial charge in [0.2, 0.25) is 12.3 Å². The first-order valence-corrected chi connectivity index (χ1v) is 12.5. The van der Waals surface area contributed by atoms with Gasteiger partial charge < -0.3 is 20.5 Å². The van der Waals surface area contributed by atoms with Crippen molar-refractivity contribution in [3.63, 3.8) is 0 Å². The molecule has 2 aromatic rings. The van der Waals surface area contributed by atoms with E-state index in [2.05, 4.69) is 17.6 Å². The van der Waals surface area contributed by atoms with Crippen LogP contribution in [0.2, 0.25) is 0 Å². The third-order valence-electron chi connectivity index (χ3n) is 4.34. The summed E-state index contributed by atoms with van der Waals surface area (Å²) >= 11 is 2.66. The zero-order valence-corrected chi connectivity index (χ0v) is 21.1. The molecule has 0 saturated carbocycles. The first kappa shape index (κ1) is 28.3. The lowest BCUT2D eigenvalue weighted by Crippen LogP contribution is -2.12. The Morgan fingerprint density at radius 2 is 1.58 bits per heavy atom. The van der Waals surface area contributed by atoms with Crippen LogP contribution in [0.3, 0.4) is 0 Å². The molecule has 0 unspecified atom stereocenters. The normalized spacial score (nSPS) is 10.1. The van der Waals surface area contributed by atoms with Crippen LogP contribution in [0.25, 0.3) is 0 Å². The van der Waals surface area contributed by atoms with Crippen LogP contribution in [-0.2, 0) is 14.3 Å². The summed E-state index contributed by atoms with van der Waals surface area (Å²) in [5, 5.41) is 15.1. The van der Waals surface area contributed by atoms with Crippen LogP contribution in [-0.4, -0.2) is 36.0 Å². The molecule has 0 bridgehead atoms. The van der Waals surface area contributed by atoms with Gasteiger partial charge in [0, 0.05) is 16.2 Å². The van der Waals surface area contributed by atoms with Gasteiger partial charge in [-0.25, -0.2) is 9.59 Å². The summed E-state index contributed by atoms with van der Waals surface area (Å²) in [6.45, 7) is 8.23. The third-order valence-corrected chi connectivity index (χ3v) is 6.29. The summed E-state index contributed by atoms with van der Waals surface area (Å²) in [5.41, 5.74) is 0.613. The maximum atomic E-state index is 11.7. The Labute approximate surface area is 202 Å². The largest absolute Gasteiger partial charge is 0.478 e. The smallest absolute Gasteiger partial charge is 0.341 e. The standard InChI is InChI=1S/C12H17NO3S.C11H15NO3S/c1-3-4-5-6-10(14)13-11-9(12(15)16)7-8(2)17-11;1-3-4-5-15-11(14)9-6-8(2)16-10(9)12-7-13/h7H,3-6H2,1-2H3,(H,13,14)(H,15,16);6-7H,3-5H2,1-2H3,(H,12,13). The monoisotopic (exact) mass is 496 g/mol. The zero-order valence-electron chi connectivity index (χ0n) is 19.5. The summed E-state index contributed by atoms with van der Waals surface area (Å²) in [6.07, 6.45) is 5.77. The average Bonchev–Trinajstić information content (AvgIpc) is 3.31. The topological polar surface area (TPSA) is 122 Å². The molecule has 2 amide bonds. The summed E-state index contributed by atoms with van der Waals surface area (Å²) in [7, 11) is 0. The average molecular weight is 497 g/mol. The fourth-order valence-electron chi connectivity index (χ4n) is 2.70. The molecule has 3 N–H and O–H groups in total. The molecule has 0 aromatic carbocycles.